The second-order valence-corrected chi connectivity index (χ2v) is 10.1. The van der Waals surface area contributed by atoms with Crippen LogP contribution in [0.1, 0.15) is 6.92 Å². The highest BCUT2D eigenvalue weighted by atomic mass is 32.2. The van der Waals surface area contributed by atoms with Crippen LogP contribution in [0.3, 0.4) is 0 Å². The summed E-state index contributed by atoms with van der Waals surface area (Å²) >= 11 is 0. The molecule has 0 fully saturated rings. The topological polar surface area (TPSA) is 94.2 Å². The standard InChI is InChI=1S/C26H19F2N3O4S/c1-2-36(32,33)19-8-6-17(7-9-19)34-18-12-16-13-22(23-15-29-10-11-30-23)31-25(16)24(14-18)35-26-20(27)4-3-5-21(26)28/h3-15,31H,2H2,1H3. The largest absolute Gasteiger partial charge is 0.457 e. The van der Waals surface area contributed by atoms with Gasteiger partial charge in [-0.2, -0.15) is 0 Å². The Kier molecular flexibility index (Phi) is 6.11. The number of para-hydroxylation sites is 1. The first-order valence-electron chi connectivity index (χ1n) is 10.9. The molecule has 0 atom stereocenters. The summed E-state index contributed by atoms with van der Waals surface area (Å²) in [6.07, 6.45) is 4.67. The summed E-state index contributed by atoms with van der Waals surface area (Å²) < 4.78 is 64.5. The van der Waals surface area contributed by atoms with Gasteiger partial charge in [0.05, 0.1) is 28.1 Å². The van der Waals surface area contributed by atoms with Crippen molar-refractivity contribution >= 4 is 20.7 Å². The lowest BCUT2D eigenvalue weighted by atomic mass is 10.2. The molecule has 0 amide bonds. The maximum Gasteiger partial charge on any atom is 0.198 e. The maximum atomic E-state index is 14.3. The summed E-state index contributed by atoms with van der Waals surface area (Å²) in [5, 5.41) is 0.630. The lowest BCUT2D eigenvalue weighted by Crippen LogP contribution is -2.03. The van der Waals surface area contributed by atoms with Gasteiger partial charge in [-0.3, -0.25) is 9.97 Å². The van der Waals surface area contributed by atoms with Gasteiger partial charge in [-0.15, -0.1) is 0 Å². The Balaban J connectivity index is 1.57. The van der Waals surface area contributed by atoms with Crippen molar-refractivity contribution < 1.29 is 26.7 Å². The van der Waals surface area contributed by atoms with E-state index in [0.29, 0.717) is 33.8 Å². The number of fused-ring (bicyclic) bond motifs is 1. The number of H-pyrrole nitrogens is 1. The van der Waals surface area contributed by atoms with Crippen molar-refractivity contribution in [1.82, 2.24) is 15.0 Å². The number of aromatic nitrogens is 3. The van der Waals surface area contributed by atoms with E-state index in [0.717, 1.165) is 12.1 Å². The molecule has 182 valence electrons. The van der Waals surface area contributed by atoms with Crippen LogP contribution in [0.15, 0.2) is 84.1 Å². The molecule has 5 aromatic rings. The van der Waals surface area contributed by atoms with E-state index < -0.39 is 27.2 Å². The van der Waals surface area contributed by atoms with Crippen LogP contribution < -0.4 is 9.47 Å². The van der Waals surface area contributed by atoms with Crippen molar-refractivity contribution in [2.75, 3.05) is 5.75 Å². The molecule has 0 spiro atoms. The van der Waals surface area contributed by atoms with Crippen molar-refractivity contribution in [3.63, 3.8) is 0 Å². The van der Waals surface area contributed by atoms with E-state index in [1.165, 1.54) is 36.4 Å². The Bertz CT molecular complexity index is 1630. The number of ether oxygens (including phenoxy) is 2. The average Bonchev–Trinajstić information content (AvgIpc) is 3.32. The molecular weight excluding hydrogens is 488 g/mol. The van der Waals surface area contributed by atoms with Crippen molar-refractivity contribution in [2.24, 2.45) is 0 Å². The van der Waals surface area contributed by atoms with Gasteiger partial charge >= 0.3 is 0 Å². The zero-order valence-electron chi connectivity index (χ0n) is 18.9. The highest BCUT2D eigenvalue weighted by Gasteiger charge is 2.17. The Morgan fingerprint density at radius 2 is 1.67 bits per heavy atom. The molecule has 0 aliphatic carbocycles. The number of hydrogen-bond acceptors (Lipinski definition) is 6. The van der Waals surface area contributed by atoms with E-state index in [9.17, 15) is 17.2 Å². The molecule has 7 nitrogen and oxygen atoms in total. The summed E-state index contributed by atoms with van der Waals surface area (Å²) in [6.45, 7) is 1.57. The third-order valence-corrected chi connectivity index (χ3v) is 7.18. The third kappa shape index (κ3) is 4.63. The van der Waals surface area contributed by atoms with E-state index in [2.05, 4.69) is 15.0 Å². The van der Waals surface area contributed by atoms with Crippen molar-refractivity contribution in [3.05, 3.63) is 90.9 Å². The summed E-state index contributed by atoms with van der Waals surface area (Å²) in [5.74, 6) is -1.49. The molecule has 5 rings (SSSR count). The monoisotopic (exact) mass is 507 g/mol. The Labute approximate surface area is 205 Å². The molecule has 0 radical (unpaired) electrons. The molecule has 10 heteroatoms. The van der Waals surface area contributed by atoms with Gasteiger partial charge in [-0.1, -0.05) is 13.0 Å². The van der Waals surface area contributed by atoms with Gasteiger partial charge < -0.3 is 14.5 Å². The smallest absolute Gasteiger partial charge is 0.198 e. The van der Waals surface area contributed by atoms with Crippen LogP contribution in [0.2, 0.25) is 0 Å². The summed E-state index contributed by atoms with van der Waals surface area (Å²) in [7, 11) is -3.35. The highest BCUT2D eigenvalue weighted by Crippen LogP contribution is 2.39. The van der Waals surface area contributed by atoms with Gasteiger partial charge in [0.15, 0.2) is 33.0 Å². The van der Waals surface area contributed by atoms with Gasteiger partial charge in [0.1, 0.15) is 17.2 Å². The van der Waals surface area contributed by atoms with Gasteiger partial charge in [0, 0.05) is 23.8 Å². The second kappa shape index (κ2) is 9.38. The van der Waals surface area contributed by atoms with E-state index in [1.807, 2.05) is 0 Å². The molecule has 0 aliphatic rings. The molecule has 0 saturated heterocycles. The molecule has 0 saturated carbocycles. The Morgan fingerprint density at radius 3 is 2.33 bits per heavy atom. The molecule has 0 bridgehead atoms. The van der Waals surface area contributed by atoms with Gasteiger partial charge in [0.25, 0.3) is 0 Å². The fourth-order valence-corrected chi connectivity index (χ4v) is 4.49. The van der Waals surface area contributed by atoms with Crippen molar-refractivity contribution in [3.8, 4) is 34.4 Å². The number of hydrogen-bond donors (Lipinski definition) is 1. The van der Waals surface area contributed by atoms with Gasteiger partial charge in [0.2, 0.25) is 0 Å². The van der Waals surface area contributed by atoms with Crippen LogP contribution in [0.5, 0.6) is 23.0 Å². The third-order valence-electron chi connectivity index (χ3n) is 5.43. The zero-order valence-corrected chi connectivity index (χ0v) is 19.7. The number of rotatable bonds is 7. The first-order chi connectivity index (χ1) is 17.3. The molecule has 2 heterocycles. The number of nitrogens with one attached hydrogen (secondary N) is 1. The zero-order chi connectivity index (χ0) is 25.3. The second-order valence-electron chi connectivity index (χ2n) is 7.79. The molecule has 0 unspecified atom stereocenters. The molecular formula is C26H19F2N3O4S. The molecule has 0 aliphatic heterocycles. The average molecular weight is 508 g/mol. The van der Waals surface area contributed by atoms with Gasteiger partial charge in [-0.05, 0) is 48.5 Å². The Hall–Kier alpha value is -4.31. The van der Waals surface area contributed by atoms with E-state index in [4.69, 9.17) is 9.47 Å². The van der Waals surface area contributed by atoms with E-state index in [1.54, 1.807) is 37.6 Å². The lowest BCUT2D eigenvalue weighted by molar-refractivity contribution is 0.407. The molecule has 3 aromatic carbocycles. The van der Waals surface area contributed by atoms with Crippen molar-refractivity contribution in [2.45, 2.75) is 11.8 Å². The first kappa shape index (κ1) is 23.4. The molecule has 1 N–H and O–H groups in total. The molecule has 2 aromatic heterocycles. The van der Waals surface area contributed by atoms with Crippen LogP contribution in [0, 0.1) is 11.6 Å². The first-order valence-corrected chi connectivity index (χ1v) is 12.5. The van der Waals surface area contributed by atoms with Crippen LogP contribution in [0.25, 0.3) is 22.3 Å². The number of benzene rings is 3. The molecule has 36 heavy (non-hydrogen) atoms. The normalized spacial score (nSPS) is 11.5. The van der Waals surface area contributed by atoms with Crippen LogP contribution in [-0.4, -0.2) is 29.1 Å². The Morgan fingerprint density at radius 1 is 0.917 bits per heavy atom. The lowest BCUT2D eigenvalue weighted by Gasteiger charge is -2.12. The summed E-state index contributed by atoms with van der Waals surface area (Å²) in [6, 6.07) is 14.4. The van der Waals surface area contributed by atoms with Crippen LogP contribution in [0.4, 0.5) is 8.78 Å². The van der Waals surface area contributed by atoms with Crippen LogP contribution in [-0.2, 0) is 9.84 Å². The van der Waals surface area contributed by atoms with E-state index in [-0.39, 0.29) is 16.4 Å². The quantitative estimate of drug-likeness (QED) is 0.279. The fourth-order valence-electron chi connectivity index (χ4n) is 3.61. The van der Waals surface area contributed by atoms with Gasteiger partial charge in [-0.25, -0.2) is 17.2 Å². The van der Waals surface area contributed by atoms with Crippen LogP contribution >= 0.6 is 0 Å². The summed E-state index contributed by atoms with van der Waals surface area (Å²) in [5.41, 5.74) is 1.64. The summed E-state index contributed by atoms with van der Waals surface area (Å²) in [4.78, 5) is 11.7. The SMILES string of the molecule is CCS(=O)(=O)c1ccc(Oc2cc(Oc3c(F)cccc3F)c3[nH]c(-c4cnccn4)cc3c2)cc1. The van der Waals surface area contributed by atoms with E-state index >= 15 is 0 Å². The maximum absolute atomic E-state index is 14.3. The fraction of sp³-hybridized carbons (Fsp3) is 0.0769. The number of aromatic amines is 1. The van der Waals surface area contributed by atoms with Crippen molar-refractivity contribution in [1.29, 1.82) is 0 Å². The number of sulfone groups is 1. The minimum atomic E-state index is -3.35. The predicted molar refractivity (Wildman–Crippen MR) is 130 cm³/mol. The predicted octanol–water partition coefficient (Wildman–Crippen LogP) is 6.28. The number of nitrogens with zero attached hydrogens (tertiary/aromatic N) is 2. The minimum Gasteiger partial charge on any atom is -0.457 e. The minimum absolute atomic E-state index is 0.0151. The number of halogens is 2. The highest BCUT2D eigenvalue weighted by molar-refractivity contribution is 7.91.